The lowest BCUT2D eigenvalue weighted by atomic mass is 10.1. The number of aryl methyl sites for hydroxylation is 1. The first-order chi connectivity index (χ1) is 12.7. The van der Waals surface area contributed by atoms with Crippen LogP contribution in [0.5, 0.6) is 0 Å². The lowest BCUT2D eigenvalue weighted by molar-refractivity contribution is 0.487. The van der Waals surface area contributed by atoms with Gasteiger partial charge >= 0.3 is 0 Å². The largest absolute Gasteiger partial charge is 0.352 e. The van der Waals surface area contributed by atoms with Crippen molar-refractivity contribution in [2.75, 3.05) is 29.9 Å². The molecule has 0 atom stereocenters. The van der Waals surface area contributed by atoms with E-state index in [-0.39, 0.29) is 0 Å². The number of likely N-dealkylation sites (N-methyl/N-ethyl adjacent to an activating group) is 1. The summed E-state index contributed by atoms with van der Waals surface area (Å²) in [5.74, 6) is 2.58. The fourth-order valence-corrected chi connectivity index (χ4v) is 3.27. The van der Waals surface area contributed by atoms with Gasteiger partial charge in [0, 0.05) is 26.3 Å². The second-order valence-electron chi connectivity index (χ2n) is 6.46. The SMILES string of the molecule is Cc1nc(N(C)C2CN(c3ccc4nncn4n3)C2)c2cccnc2n1. The molecule has 0 N–H and O–H groups in total. The van der Waals surface area contributed by atoms with E-state index >= 15 is 0 Å². The zero-order chi connectivity index (χ0) is 17.7. The van der Waals surface area contributed by atoms with Gasteiger partial charge in [-0.15, -0.1) is 15.3 Å². The van der Waals surface area contributed by atoms with Crippen molar-refractivity contribution in [2.45, 2.75) is 13.0 Å². The van der Waals surface area contributed by atoms with Crippen molar-refractivity contribution in [3.8, 4) is 0 Å². The molecule has 4 aromatic rings. The molecule has 0 bridgehead atoms. The molecule has 26 heavy (non-hydrogen) atoms. The molecule has 1 aliphatic rings. The van der Waals surface area contributed by atoms with Gasteiger partial charge in [-0.25, -0.2) is 15.0 Å². The zero-order valence-electron chi connectivity index (χ0n) is 14.5. The van der Waals surface area contributed by atoms with Crippen molar-refractivity contribution in [3.63, 3.8) is 0 Å². The van der Waals surface area contributed by atoms with E-state index in [0.29, 0.717) is 6.04 Å². The molecule has 1 saturated heterocycles. The number of aromatic nitrogens is 7. The highest BCUT2D eigenvalue weighted by atomic mass is 15.4. The Morgan fingerprint density at radius 1 is 1.15 bits per heavy atom. The van der Waals surface area contributed by atoms with Gasteiger partial charge < -0.3 is 9.80 Å². The summed E-state index contributed by atoms with van der Waals surface area (Å²) in [7, 11) is 2.08. The van der Waals surface area contributed by atoms with Crippen molar-refractivity contribution < 1.29 is 0 Å². The van der Waals surface area contributed by atoms with Crippen LogP contribution < -0.4 is 9.80 Å². The second-order valence-corrected chi connectivity index (χ2v) is 6.46. The molecule has 4 aromatic heterocycles. The normalized spacial score (nSPS) is 14.8. The molecule has 5 rings (SSSR count). The van der Waals surface area contributed by atoms with Gasteiger partial charge in [0.1, 0.15) is 23.8 Å². The second kappa shape index (κ2) is 5.58. The minimum absolute atomic E-state index is 0.353. The van der Waals surface area contributed by atoms with E-state index in [2.05, 4.69) is 47.1 Å². The summed E-state index contributed by atoms with van der Waals surface area (Å²) in [6.07, 6.45) is 3.38. The summed E-state index contributed by atoms with van der Waals surface area (Å²) in [5, 5.41) is 13.4. The van der Waals surface area contributed by atoms with Gasteiger partial charge in [-0.3, -0.25) is 0 Å². The number of fused-ring (bicyclic) bond motifs is 2. The van der Waals surface area contributed by atoms with E-state index in [0.717, 1.165) is 47.2 Å². The van der Waals surface area contributed by atoms with Crippen molar-refractivity contribution in [1.29, 1.82) is 0 Å². The summed E-state index contributed by atoms with van der Waals surface area (Å²) in [6, 6.07) is 8.20. The van der Waals surface area contributed by atoms with E-state index in [1.807, 2.05) is 31.2 Å². The molecule has 0 radical (unpaired) electrons. The molecule has 0 unspecified atom stereocenters. The molecule has 0 aromatic carbocycles. The average Bonchev–Trinajstić information content (AvgIpc) is 3.07. The first kappa shape index (κ1) is 14.9. The molecule has 0 saturated carbocycles. The Morgan fingerprint density at radius 3 is 2.92 bits per heavy atom. The standard InChI is InChI=1S/C17H17N9/c1-11-20-16-13(4-3-7-18-16)17(21-11)24(2)12-8-25(9-12)15-6-5-14-22-19-10-26(14)23-15/h3-7,10,12H,8-9H2,1-2H3. The average molecular weight is 347 g/mol. The first-order valence-corrected chi connectivity index (χ1v) is 8.43. The van der Waals surface area contributed by atoms with Gasteiger partial charge in [0.25, 0.3) is 0 Å². The van der Waals surface area contributed by atoms with E-state index in [4.69, 9.17) is 0 Å². The van der Waals surface area contributed by atoms with Crippen LogP contribution in [-0.4, -0.2) is 60.9 Å². The van der Waals surface area contributed by atoms with Gasteiger partial charge in [-0.1, -0.05) is 0 Å². The Kier molecular flexibility index (Phi) is 3.21. The molecule has 9 heteroatoms. The summed E-state index contributed by atoms with van der Waals surface area (Å²) in [4.78, 5) is 17.9. The first-order valence-electron chi connectivity index (χ1n) is 8.43. The van der Waals surface area contributed by atoms with Crippen LogP contribution in [0.25, 0.3) is 16.7 Å². The number of nitrogens with zero attached hydrogens (tertiary/aromatic N) is 9. The maximum Gasteiger partial charge on any atom is 0.177 e. The van der Waals surface area contributed by atoms with E-state index in [9.17, 15) is 0 Å². The van der Waals surface area contributed by atoms with Gasteiger partial charge in [0.2, 0.25) is 0 Å². The maximum atomic E-state index is 4.66. The van der Waals surface area contributed by atoms with Crippen molar-refractivity contribution in [1.82, 2.24) is 34.8 Å². The van der Waals surface area contributed by atoms with Crippen LogP contribution in [0, 0.1) is 6.92 Å². The van der Waals surface area contributed by atoms with E-state index in [1.54, 1.807) is 17.0 Å². The highest BCUT2D eigenvalue weighted by Gasteiger charge is 2.32. The summed E-state index contributed by atoms with van der Waals surface area (Å²) in [5.41, 5.74) is 1.48. The van der Waals surface area contributed by atoms with Crippen LogP contribution >= 0.6 is 0 Å². The Morgan fingerprint density at radius 2 is 2.04 bits per heavy atom. The molecule has 130 valence electrons. The minimum atomic E-state index is 0.353. The zero-order valence-corrected chi connectivity index (χ0v) is 14.5. The summed E-state index contributed by atoms with van der Waals surface area (Å²) in [6.45, 7) is 3.65. The summed E-state index contributed by atoms with van der Waals surface area (Å²) >= 11 is 0. The smallest absolute Gasteiger partial charge is 0.177 e. The molecule has 1 aliphatic heterocycles. The monoisotopic (exact) mass is 347 g/mol. The molecular weight excluding hydrogens is 330 g/mol. The minimum Gasteiger partial charge on any atom is -0.352 e. The van der Waals surface area contributed by atoms with Crippen LogP contribution in [0.3, 0.4) is 0 Å². The lowest BCUT2D eigenvalue weighted by Gasteiger charge is -2.45. The predicted octanol–water partition coefficient (Wildman–Crippen LogP) is 1.10. The third kappa shape index (κ3) is 2.32. The quantitative estimate of drug-likeness (QED) is 0.544. The Bertz CT molecular complexity index is 1100. The molecule has 5 heterocycles. The predicted molar refractivity (Wildman–Crippen MR) is 97.3 cm³/mol. The molecular formula is C17H17N9. The number of hydrogen-bond donors (Lipinski definition) is 0. The lowest BCUT2D eigenvalue weighted by Crippen LogP contribution is -2.59. The van der Waals surface area contributed by atoms with Crippen LogP contribution in [0.4, 0.5) is 11.6 Å². The fourth-order valence-electron chi connectivity index (χ4n) is 3.27. The third-order valence-electron chi connectivity index (χ3n) is 4.78. The number of rotatable bonds is 3. The van der Waals surface area contributed by atoms with Crippen molar-refractivity contribution in [2.24, 2.45) is 0 Å². The van der Waals surface area contributed by atoms with Crippen LogP contribution in [0.2, 0.25) is 0 Å². The summed E-state index contributed by atoms with van der Waals surface area (Å²) < 4.78 is 1.69. The number of anilines is 2. The van der Waals surface area contributed by atoms with Gasteiger partial charge in [-0.2, -0.15) is 4.52 Å². The van der Waals surface area contributed by atoms with Crippen molar-refractivity contribution in [3.05, 3.63) is 42.6 Å². The van der Waals surface area contributed by atoms with Gasteiger partial charge in [0.15, 0.2) is 11.3 Å². The third-order valence-corrected chi connectivity index (χ3v) is 4.78. The van der Waals surface area contributed by atoms with Gasteiger partial charge in [-0.05, 0) is 31.2 Å². The molecule has 0 spiro atoms. The van der Waals surface area contributed by atoms with E-state index < -0.39 is 0 Å². The van der Waals surface area contributed by atoms with Crippen LogP contribution in [0.1, 0.15) is 5.82 Å². The Labute approximate surface area is 149 Å². The highest BCUT2D eigenvalue weighted by molar-refractivity contribution is 5.87. The Hall–Kier alpha value is -3.36. The molecule has 0 aliphatic carbocycles. The molecule has 0 amide bonds. The fraction of sp³-hybridized carbons (Fsp3) is 0.294. The maximum absolute atomic E-state index is 4.66. The van der Waals surface area contributed by atoms with Crippen LogP contribution in [-0.2, 0) is 0 Å². The van der Waals surface area contributed by atoms with Crippen LogP contribution in [0.15, 0.2) is 36.8 Å². The molecule has 1 fully saturated rings. The Balaban J connectivity index is 1.39. The number of hydrogen-bond acceptors (Lipinski definition) is 8. The van der Waals surface area contributed by atoms with Crippen molar-refractivity contribution >= 4 is 28.3 Å². The highest BCUT2D eigenvalue weighted by Crippen LogP contribution is 2.28. The number of pyridine rings is 1. The van der Waals surface area contributed by atoms with E-state index in [1.165, 1.54) is 0 Å². The van der Waals surface area contributed by atoms with Gasteiger partial charge in [0.05, 0.1) is 11.4 Å². The molecule has 9 nitrogen and oxygen atoms in total. The topological polar surface area (TPSA) is 88.2 Å².